The van der Waals surface area contributed by atoms with Gasteiger partial charge >= 0.3 is 0 Å². The van der Waals surface area contributed by atoms with E-state index in [-0.39, 0.29) is 17.5 Å². The van der Waals surface area contributed by atoms with Crippen LogP contribution in [-0.2, 0) is 6.42 Å². The van der Waals surface area contributed by atoms with E-state index in [0.717, 1.165) is 12.1 Å². The van der Waals surface area contributed by atoms with Gasteiger partial charge in [0.2, 0.25) is 0 Å². The molecule has 0 heterocycles. The van der Waals surface area contributed by atoms with Crippen molar-refractivity contribution in [3.8, 4) is 12.1 Å². The van der Waals surface area contributed by atoms with Crippen LogP contribution in [0.5, 0.6) is 0 Å². The molecule has 2 nitrogen and oxygen atoms in total. The van der Waals surface area contributed by atoms with Gasteiger partial charge in [0.15, 0.2) is 0 Å². The van der Waals surface area contributed by atoms with Gasteiger partial charge in [-0.1, -0.05) is 0 Å². The lowest BCUT2D eigenvalue weighted by atomic mass is 10.1. The molecule has 4 heteroatoms. The Balaban J connectivity index is 3.26. The number of nitriles is 2. The minimum atomic E-state index is -0.849. The molecule has 13 heavy (non-hydrogen) atoms. The molecular formula is C9H4F2N2. The van der Waals surface area contributed by atoms with Crippen molar-refractivity contribution >= 4 is 0 Å². The molecule has 0 aromatic heterocycles. The Hall–Kier alpha value is -1.94. The first-order valence-electron chi connectivity index (χ1n) is 3.44. The Bertz CT molecular complexity index is 390. The number of benzene rings is 1. The first-order valence-corrected chi connectivity index (χ1v) is 3.44. The third kappa shape index (κ3) is 1.80. The molecule has 0 fully saturated rings. The molecule has 1 rings (SSSR count). The van der Waals surface area contributed by atoms with Gasteiger partial charge in [-0.25, -0.2) is 8.78 Å². The van der Waals surface area contributed by atoms with Gasteiger partial charge < -0.3 is 0 Å². The Morgan fingerprint density at radius 3 is 2.08 bits per heavy atom. The van der Waals surface area contributed by atoms with E-state index in [1.807, 2.05) is 0 Å². The molecule has 0 saturated carbocycles. The van der Waals surface area contributed by atoms with E-state index in [1.165, 1.54) is 0 Å². The fraction of sp³-hybridized carbons (Fsp3) is 0.111. The van der Waals surface area contributed by atoms with E-state index < -0.39 is 11.6 Å². The lowest BCUT2D eigenvalue weighted by molar-refractivity contribution is 0.562. The molecule has 0 amide bonds. The average Bonchev–Trinajstić information content (AvgIpc) is 2.11. The maximum atomic E-state index is 12.9. The zero-order chi connectivity index (χ0) is 9.84. The molecule has 0 spiro atoms. The zero-order valence-electron chi connectivity index (χ0n) is 6.51. The third-order valence-corrected chi connectivity index (χ3v) is 1.53. The molecule has 0 aliphatic heterocycles. The summed E-state index contributed by atoms with van der Waals surface area (Å²) in [6, 6.07) is 5.08. The van der Waals surface area contributed by atoms with Crippen molar-refractivity contribution in [3.05, 3.63) is 34.9 Å². The monoisotopic (exact) mass is 178 g/mol. The summed E-state index contributed by atoms with van der Waals surface area (Å²) >= 11 is 0. The summed E-state index contributed by atoms with van der Waals surface area (Å²) in [5, 5.41) is 16.6. The first kappa shape index (κ1) is 9.15. The van der Waals surface area contributed by atoms with E-state index in [2.05, 4.69) is 0 Å². The van der Waals surface area contributed by atoms with Crippen molar-refractivity contribution in [3.63, 3.8) is 0 Å². The van der Waals surface area contributed by atoms with Crippen LogP contribution in [0.3, 0.4) is 0 Å². The normalized spacial score (nSPS) is 8.92. The molecule has 0 aliphatic carbocycles. The molecule has 0 atom stereocenters. The van der Waals surface area contributed by atoms with Gasteiger partial charge in [-0.2, -0.15) is 10.5 Å². The zero-order valence-corrected chi connectivity index (χ0v) is 6.51. The summed E-state index contributed by atoms with van der Waals surface area (Å²) in [7, 11) is 0. The van der Waals surface area contributed by atoms with Crippen LogP contribution in [-0.4, -0.2) is 0 Å². The fourth-order valence-electron chi connectivity index (χ4n) is 0.916. The maximum Gasteiger partial charge on any atom is 0.131 e. The Labute approximate surface area is 73.6 Å². The van der Waals surface area contributed by atoms with E-state index in [0.29, 0.717) is 0 Å². The highest BCUT2D eigenvalue weighted by molar-refractivity contribution is 5.35. The quantitative estimate of drug-likeness (QED) is 0.659. The van der Waals surface area contributed by atoms with Crippen LogP contribution >= 0.6 is 0 Å². The number of nitrogens with zero attached hydrogens (tertiary/aromatic N) is 2. The van der Waals surface area contributed by atoms with E-state index >= 15 is 0 Å². The average molecular weight is 178 g/mol. The summed E-state index contributed by atoms with van der Waals surface area (Å²) in [6.45, 7) is 0. The molecule has 0 radical (unpaired) electrons. The van der Waals surface area contributed by atoms with Crippen molar-refractivity contribution in [2.24, 2.45) is 0 Å². The van der Waals surface area contributed by atoms with E-state index in [4.69, 9.17) is 10.5 Å². The topological polar surface area (TPSA) is 47.6 Å². The second kappa shape index (κ2) is 3.64. The van der Waals surface area contributed by atoms with Crippen LogP contribution in [0.4, 0.5) is 8.78 Å². The van der Waals surface area contributed by atoms with Crippen molar-refractivity contribution in [2.75, 3.05) is 0 Å². The minimum Gasteiger partial charge on any atom is -0.207 e. The van der Waals surface area contributed by atoms with E-state index in [9.17, 15) is 8.78 Å². The van der Waals surface area contributed by atoms with Gasteiger partial charge in [0.1, 0.15) is 11.6 Å². The Morgan fingerprint density at radius 1 is 1.15 bits per heavy atom. The number of rotatable bonds is 1. The summed E-state index contributed by atoms with van der Waals surface area (Å²) < 4.78 is 25.9. The fourth-order valence-corrected chi connectivity index (χ4v) is 0.916. The van der Waals surface area contributed by atoms with Crippen molar-refractivity contribution < 1.29 is 8.78 Å². The lowest BCUT2D eigenvalue weighted by Gasteiger charge is -1.99. The summed E-state index contributed by atoms with van der Waals surface area (Å²) in [6.07, 6.45) is -0.330. The van der Waals surface area contributed by atoms with Crippen LogP contribution in [0.25, 0.3) is 0 Å². The second-order valence-corrected chi connectivity index (χ2v) is 2.37. The highest BCUT2D eigenvalue weighted by atomic mass is 19.1. The van der Waals surface area contributed by atoms with E-state index in [1.54, 1.807) is 12.1 Å². The third-order valence-electron chi connectivity index (χ3n) is 1.53. The van der Waals surface area contributed by atoms with Crippen LogP contribution in [0.15, 0.2) is 12.1 Å². The summed E-state index contributed by atoms with van der Waals surface area (Å²) in [5.41, 5.74) is -0.377. The van der Waals surface area contributed by atoms with Crippen LogP contribution < -0.4 is 0 Å². The summed E-state index contributed by atoms with van der Waals surface area (Å²) in [4.78, 5) is 0. The van der Waals surface area contributed by atoms with Gasteiger partial charge in [-0.3, -0.25) is 0 Å². The Morgan fingerprint density at radius 2 is 1.69 bits per heavy atom. The second-order valence-electron chi connectivity index (χ2n) is 2.37. The standard InChI is InChI=1S/C9H4F2N2/c10-8-3-6(5-13)4-9(11)7(8)1-2-12/h3-4H,1H2. The van der Waals surface area contributed by atoms with Crippen LogP contribution in [0.1, 0.15) is 11.1 Å². The van der Waals surface area contributed by atoms with Gasteiger partial charge in [-0.15, -0.1) is 0 Å². The first-order chi connectivity index (χ1) is 6.19. The smallest absolute Gasteiger partial charge is 0.131 e. The largest absolute Gasteiger partial charge is 0.207 e. The van der Waals surface area contributed by atoms with Crippen molar-refractivity contribution in [2.45, 2.75) is 6.42 Å². The summed E-state index contributed by atoms with van der Waals surface area (Å²) in [5.74, 6) is -1.70. The molecule has 1 aromatic rings. The SMILES string of the molecule is N#CCc1c(F)cc(C#N)cc1F. The molecule has 0 saturated heterocycles. The molecular weight excluding hydrogens is 174 g/mol. The molecule has 0 N–H and O–H groups in total. The van der Waals surface area contributed by atoms with Gasteiger partial charge in [0.25, 0.3) is 0 Å². The van der Waals surface area contributed by atoms with Crippen LogP contribution in [0.2, 0.25) is 0 Å². The predicted molar refractivity (Wildman–Crippen MR) is 40.4 cm³/mol. The Kier molecular flexibility index (Phi) is 2.56. The van der Waals surface area contributed by atoms with Gasteiger partial charge in [0.05, 0.1) is 24.1 Å². The van der Waals surface area contributed by atoms with Crippen LogP contribution in [0, 0.1) is 34.3 Å². The molecule has 64 valence electrons. The number of halogens is 2. The van der Waals surface area contributed by atoms with Crippen molar-refractivity contribution in [1.82, 2.24) is 0 Å². The predicted octanol–water partition coefficient (Wildman–Crippen LogP) is 1.90. The maximum absolute atomic E-state index is 12.9. The number of hydrogen-bond donors (Lipinski definition) is 0. The highest BCUT2D eigenvalue weighted by Crippen LogP contribution is 2.15. The molecule has 0 aliphatic rings. The molecule has 0 bridgehead atoms. The van der Waals surface area contributed by atoms with Gasteiger partial charge in [-0.05, 0) is 12.1 Å². The minimum absolute atomic E-state index is 0.0864. The van der Waals surface area contributed by atoms with Gasteiger partial charge in [0, 0.05) is 5.56 Å². The molecule has 0 unspecified atom stereocenters. The number of hydrogen-bond acceptors (Lipinski definition) is 2. The lowest BCUT2D eigenvalue weighted by Crippen LogP contribution is -1.95. The van der Waals surface area contributed by atoms with Crippen molar-refractivity contribution in [1.29, 1.82) is 10.5 Å². The highest BCUT2D eigenvalue weighted by Gasteiger charge is 2.10. The molecule has 1 aromatic carbocycles.